The highest BCUT2D eigenvalue weighted by Crippen LogP contribution is 2.27. The standard InChI is InChI=1S/C23H25ClFN5O/c1-14(2)11-19(23(31)27-13-16-7-6-8-17(25)12-16)29-22-20(24)15(3)28-21(30-22)18-9-4-5-10-26-18/h4-10,12,14,19H,11,13H2,1-3H3,(H,27,31)(H,28,29,30). The fraction of sp³-hybridized carbons (Fsp3) is 0.304. The van der Waals surface area contributed by atoms with Crippen LogP contribution in [0.1, 0.15) is 31.5 Å². The van der Waals surface area contributed by atoms with Gasteiger partial charge in [-0.1, -0.05) is 43.6 Å². The van der Waals surface area contributed by atoms with Gasteiger partial charge in [0.05, 0.1) is 5.69 Å². The minimum Gasteiger partial charge on any atom is -0.357 e. The highest BCUT2D eigenvalue weighted by atomic mass is 35.5. The van der Waals surface area contributed by atoms with Gasteiger partial charge < -0.3 is 10.6 Å². The summed E-state index contributed by atoms with van der Waals surface area (Å²) in [7, 11) is 0. The molecule has 3 rings (SSSR count). The molecule has 2 heterocycles. The van der Waals surface area contributed by atoms with E-state index in [9.17, 15) is 9.18 Å². The number of aryl methyl sites for hydroxylation is 1. The lowest BCUT2D eigenvalue weighted by Crippen LogP contribution is -2.40. The van der Waals surface area contributed by atoms with Crippen molar-refractivity contribution in [1.82, 2.24) is 20.3 Å². The maximum absolute atomic E-state index is 13.4. The van der Waals surface area contributed by atoms with Crippen LogP contribution >= 0.6 is 11.6 Å². The number of halogens is 2. The third-order valence-corrected chi connectivity index (χ3v) is 5.05. The second-order valence-corrected chi connectivity index (χ2v) is 8.06. The third kappa shape index (κ3) is 6.21. The predicted molar refractivity (Wildman–Crippen MR) is 120 cm³/mol. The Morgan fingerprint density at radius 3 is 2.65 bits per heavy atom. The van der Waals surface area contributed by atoms with Crippen LogP contribution in [0.15, 0.2) is 48.7 Å². The summed E-state index contributed by atoms with van der Waals surface area (Å²) in [5, 5.41) is 6.40. The molecule has 0 aliphatic heterocycles. The van der Waals surface area contributed by atoms with Gasteiger partial charge in [0.15, 0.2) is 5.82 Å². The van der Waals surface area contributed by atoms with Gasteiger partial charge in [-0.15, -0.1) is 0 Å². The van der Waals surface area contributed by atoms with Crippen molar-refractivity contribution in [3.05, 3.63) is 70.8 Å². The lowest BCUT2D eigenvalue weighted by molar-refractivity contribution is -0.122. The van der Waals surface area contributed by atoms with Gasteiger partial charge >= 0.3 is 0 Å². The molecule has 0 saturated heterocycles. The first-order valence-corrected chi connectivity index (χ1v) is 10.5. The molecule has 162 valence electrons. The number of nitrogens with zero attached hydrogens (tertiary/aromatic N) is 3. The van der Waals surface area contributed by atoms with Crippen molar-refractivity contribution in [2.45, 2.75) is 39.8 Å². The largest absolute Gasteiger partial charge is 0.357 e. The molecule has 1 atom stereocenters. The van der Waals surface area contributed by atoms with Gasteiger partial charge in [-0.2, -0.15) is 0 Å². The van der Waals surface area contributed by atoms with Crippen molar-refractivity contribution in [2.24, 2.45) is 5.92 Å². The van der Waals surface area contributed by atoms with Crippen molar-refractivity contribution in [3.8, 4) is 11.5 Å². The number of hydrogen-bond donors (Lipinski definition) is 2. The molecule has 0 aliphatic carbocycles. The zero-order valence-electron chi connectivity index (χ0n) is 17.7. The molecule has 2 aromatic heterocycles. The lowest BCUT2D eigenvalue weighted by Gasteiger charge is -2.22. The summed E-state index contributed by atoms with van der Waals surface area (Å²) in [6.07, 6.45) is 2.23. The number of carbonyl (C=O) groups is 1. The molecule has 31 heavy (non-hydrogen) atoms. The molecule has 0 saturated carbocycles. The number of nitrogens with one attached hydrogen (secondary N) is 2. The van der Waals surface area contributed by atoms with Gasteiger partial charge in [-0.05, 0) is 49.1 Å². The molecule has 8 heteroatoms. The summed E-state index contributed by atoms with van der Waals surface area (Å²) in [5.74, 6) is 0.489. The van der Waals surface area contributed by atoms with Gasteiger partial charge in [-0.25, -0.2) is 14.4 Å². The average molecular weight is 442 g/mol. The number of aromatic nitrogens is 3. The predicted octanol–water partition coefficient (Wildman–Crippen LogP) is 4.78. The zero-order chi connectivity index (χ0) is 22.4. The van der Waals surface area contributed by atoms with E-state index < -0.39 is 6.04 Å². The summed E-state index contributed by atoms with van der Waals surface area (Å²) in [5.41, 5.74) is 1.88. The SMILES string of the molecule is Cc1nc(-c2ccccn2)nc(NC(CC(C)C)C(=O)NCc2cccc(F)c2)c1Cl. The molecular weight excluding hydrogens is 417 g/mol. The van der Waals surface area contributed by atoms with Crippen LogP contribution in [0.3, 0.4) is 0 Å². The molecule has 2 N–H and O–H groups in total. The molecule has 1 unspecified atom stereocenters. The van der Waals surface area contributed by atoms with Crippen molar-refractivity contribution >= 4 is 23.3 Å². The molecule has 0 radical (unpaired) electrons. The first-order valence-electron chi connectivity index (χ1n) is 10.1. The number of anilines is 1. The summed E-state index contributed by atoms with van der Waals surface area (Å²) < 4.78 is 13.4. The molecule has 1 aromatic carbocycles. The Bertz CT molecular complexity index is 1050. The second-order valence-electron chi connectivity index (χ2n) is 7.68. The van der Waals surface area contributed by atoms with Gasteiger partial charge in [0.1, 0.15) is 28.4 Å². The smallest absolute Gasteiger partial charge is 0.242 e. The number of amides is 1. The molecule has 1 amide bonds. The molecule has 0 bridgehead atoms. The van der Waals surface area contributed by atoms with Crippen LogP contribution in [-0.4, -0.2) is 26.9 Å². The van der Waals surface area contributed by atoms with Crippen LogP contribution in [0.5, 0.6) is 0 Å². The highest BCUT2D eigenvalue weighted by Gasteiger charge is 2.22. The number of hydrogen-bond acceptors (Lipinski definition) is 5. The van der Waals surface area contributed by atoms with E-state index in [1.807, 2.05) is 32.0 Å². The van der Waals surface area contributed by atoms with Gasteiger partial charge in [0, 0.05) is 12.7 Å². The Morgan fingerprint density at radius 2 is 1.97 bits per heavy atom. The average Bonchev–Trinajstić information content (AvgIpc) is 2.75. The van der Waals surface area contributed by atoms with Gasteiger partial charge in [0.2, 0.25) is 5.91 Å². The van der Waals surface area contributed by atoms with E-state index in [1.165, 1.54) is 12.1 Å². The fourth-order valence-electron chi connectivity index (χ4n) is 3.09. The Balaban J connectivity index is 1.81. The third-order valence-electron chi connectivity index (χ3n) is 4.60. The summed E-state index contributed by atoms with van der Waals surface area (Å²) in [6.45, 7) is 6.06. The molecule has 3 aromatic rings. The van der Waals surface area contributed by atoms with Crippen molar-refractivity contribution in [3.63, 3.8) is 0 Å². The Kier molecular flexibility index (Phi) is 7.52. The number of pyridine rings is 1. The highest BCUT2D eigenvalue weighted by molar-refractivity contribution is 6.33. The summed E-state index contributed by atoms with van der Waals surface area (Å²) in [4.78, 5) is 26.1. The van der Waals surface area contributed by atoms with Crippen molar-refractivity contribution in [1.29, 1.82) is 0 Å². The van der Waals surface area contributed by atoms with Gasteiger partial charge in [-0.3, -0.25) is 9.78 Å². The van der Waals surface area contributed by atoms with E-state index in [-0.39, 0.29) is 24.2 Å². The lowest BCUT2D eigenvalue weighted by atomic mass is 10.0. The van der Waals surface area contributed by atoms with Crippen molar-refractivity contribution < 1.29 is 9.18 Å². The van der Waals surface area contributed by atoms with E-state index in [4.69, 9.17) is 11.6 Å². The van der Waals surface area contributed by atoms with E-state index in [0.717, 1.165) is 0 Å². The first-order chi connectivity index (χ1) is 14.8. The number of benzene rings is 1. The summed E-state index contributed by atoms with van der Waals surface area (Å²) >= 11 is 6.45. The Morgan fingerprint density at radius 1 is 1.16 bits per heavy atom. The van der Waals surface area contributed by atoms with Crippen LogP contribution in [0.2, 0.25) is 5.02 Å². The molecule has 0 spiro atoms. The molecule has 0 aliphatic rings. The minimum absolute atomic E-state index is 0.218. The minimum atomic E-state index is -0.572. The van der Waals surface area contributed by atoms with E-state index in [2.05, 4.69) is 25.6 Å². The topological polar surface area (TPSA) is 79.8 Å². The monoisotopic (exact) mass is 441 g/mol. The van der Waals surface area contributed by atoms with E-state index >= 15 is 0 Å². The van der Waals surface area contributed by atoms with Crippen LogP contribution in [0.4, 0.5) is 10.2 Å². The maximum Gasteiger partial charge on any atom is 0.242 e. The maximum atomic E-state index is 13.4. The first kappa shape index (κ1) is 22.6. The van der Waals surface area contributed by atoms with Crippen molar-refractivity contribution in [2.75, 3.05) is 5.32 Å². The van der Waals surface area contributed by atoms with Gasteiger partial charge in [0.25, 0.3) is 0 Å². The Labute approximate surface area is 186 Å². The normalized spacial score (nSPS) is 11.9. The molecule has 6 nitrogen and oxygen atoms in total. The van der Waals surface area contributed by atoms with Crippen LogP contribution in [0.25, 0.3) is 11.5 Å². The fourth-order valence-corrected chi connectivity index (χ4v) is 3.23. The van der Waals surface area contributed by atoms with E-state index in [1.54, 1.807) is 25.3 Å². The van der Waals surface area contributed by atoms with E-state index in [0.29, 0.717) is 40.0 Å². The summed E-state index contributed by atoms with van der Waals surface area (Å²) in [6, 6.07) is 11.0. The Hall–Kier alpha value is -3.06. The molecular formula is C23H25ClFN5O. The number of carbonyl (C=O) groups excluding carboxylic acids is 1. The van der Waals surface area contributed by atoms with Crippen LogP contribution in [-0.2, 0) is 11.3 Å². The molecule has 0 fully saturated rings. The zero-order valence-corrected chi connectivity index (χ0v) is 18.4. The quantitative estimate of drug-likeness (QED) is 0.525. The van der Waals surface area contributed by atoms with Crippen LogP contribution in [0, 0.1) is 18.7 Å². The number of rotatable bonds is 8. The van der Waals surface area contributed by atoms with Crippen LogP contribution < -0.4 is 10.6 Å². The second kappa shape index (κ2) is 10.3.